The Hall–Kier alpha value is -2.56. The molecule has 5 heteroatoms. The molecule has 0 saturated carbocycles. The van der Waals surface area contributed by atoms with Gasteiger partial charge in [0, 0.05) is 17.6 Å². The van der Waals surface area contributed by atoms with Crippen molar-refractivity contribution in [2.75, 3.05) is 11.1 Å². The minimum Gasteiger partial charge on any atom is -0.398 e. The number of hydrogen-bond donors (Lipinski definition) is 3. The van der Waals surface area contributed by atoms with Gasteiger partial charge < -0.3 is 16.8 Å². The SMILES string of the molecule is Cc1ncccc1Nc1ccc(N)c(C(N)=O)c1. The van der Waals surface area contributed by atoms with Crippen molar-refractivity contribution < 1.29 is 4.79 Å². The molecule has 0 bridgehead atoms. The Morgan fingerprint density at radius 3 is 2.78 bits per heavy atom. The van der Waals surface area contributed by atoms with Crippen LogP contribution in [0.5, 0.6) is 0 Å². The van der Waals surface area contributed by atoms with E-state index >= 15 is 0 Å². The number of amides is 1. The second-order valence-corrected chi connectivity index (χ2v) is 3.93. The van der Waals surface area contributed by atoms with Crippen LogP contribution in [0.4, 0.5) is 17.1 Å². The number of aryl methyl sites for hydroxylation is 1. The van der Waals surface area contributed by atoms with Gasteiger partial charge in [0.2, 0.25) is 0 Å². The van der Waals surface area contributed by atoms with Crippen molar-refractivity contribution in [1.82, 2.24) is 4.98 Å². The van der Waals surface area contributed by atoms with E-state index in [1.807, 2.05) is 19.1 Å². The normalized spacial score (nSPS) is 10.1. The van der Waals surface area contributed by atoms with Crippen molar-refractivity contribution in [3.63, 3.8) is 0 Å². The summed E-state index contributed by atoms with van der Waals surface area (Å²) in [5.41, 5.74) is 14.1. The molecule has 0 unspecified atom stereocenters. The molecule has 1 aromatic carbocycles. The molecule has 0 aliphatic rings. The van der Waals surface area contributed by atoms with E-state index in [1.165, 1.54) is 0 Å². The van der Waals surface area contributed by atoms with Crippen LogP contribution in [0.1, 0.15) is 16.1 Å². The highest BCUT2D eigenvalue weighted by atomic mass is 16.1. The summed E-state index contributed by atoms with van der Waals surface area (Å²) in [5, 5.41) is 3.17. The van der Waals surface area contributed by atoms with Crippen molar-refractivity contribution >= 4 is 23.0 Å². The lowest BCUT2D eigenvalue weighted by atomic mass is 10.1. The Morgan fingerprint density at radius 1 is 1.33 bits per heavy atom. The number of carbonyl (C=O) groups is 1. The number of pyridine rings is 1. The van der Waals surface area contributed by atoms with Gasteiger partial charge in [-0.15, -0.1) is 0 Å². The van der Waals surface area contributed by atoms with E-state index < -0.39 is 5.91 Å². The van der Waals surface area contributed by atoms with Crippen LogP contribution in [-0.4, -0.2) is 10.9 Å². The minimum absolute atomic E-state index is 0.307. The molecule has 92 valence electrons. The van der Waals surface area contributed by atoms with Crippen LogP contribution in [0.2, 0.25) is 0 Å². The molecule has 18 heavy (non-hydrogen) atoms. The molecule has 0 saturated heterocycles. The summed E-state index contributed by atoms with van der Waals surface area (Å²) in [6.45, 7) is 1.90. The van der Waals surface area contributed by atoms with E-state index in [1.54, 1.807) is 24.4 Å². The number of benzene rings is 1. The van der Waals surface area contributed by atoms with Gasteiger partial charge in [0.15, 0.2) is 0 Å². The third-order valence-electron chi connectivity index (χ3n) is 2.60. The maximum atomic E-state index is 11.2. The van der Waals surface area contributed by atoms with Crippen molar-refractivity contribution in [3.05, 3.63) is 47.8 Å². The number of nitrogens with two attached hydrogens (primary N) is 2. The topological polar surface area (TPSA) is 94.0 Å². The Labute approximate surface area is 105 Å². The largest absolute Gasteiger partial charge is 0.398 e. The van der Waals surface area contributed by atoms with Crippen LogP contribution in [0, 0.1) is 6.92 Å². The maximum absolute atomic E-state index is 11.2. The number of primary amides is 1. The van der Waals surface area contributed by atoms with Crippen molar-refractivity contribution in [2.24, 2.45) is 5.73 Å². The molecule has 1 amide bonds. The third kappa shape index (κ3) is 2.40. The molecule has 0 spiro atoms. The second kappa shape index (κ2) is 4.75. The first kappa shape index (κ1) is 11.9. The zero-order valence-electron chi connectivity index (χ0n) is 9.97. The smallest absolute Gasteiger partial charge is 0.250 e. The zero-order chi connectivity index (χ0) is 13.1. The fraction of sp³-hybridized carbons (Fsp3) is 0.0769. The molecule has 2 aromatic rings. The van der Waals surface area contributed by atoms with Crippen molar-refractivity contribution in [2.45, 2.75) is 6.92 Å². The first-order valence-corrected chi connectivity index (χ1v) is 5.46. The van der Waals surface area contributed by atoms with Crippen LogP contribution in [0.15, 0.2) is 36.5 Å². The highest BCUT2D eigenvalue weighted by molar-refractivity contribution is 5.99. The lowest BCUT2D eigenvalue weighted by Crippen LogP contribution is -2.13. The van der Waals surface area contributed by atoms with Gasteiger partial charge in [-0.2, -0.15) is 0 Å². The standard InChI is InChI=1S/C13H14N4O/c1-8-12(3-2-6-16-8)17-9-4-5-11(14)10(7-9)13(15)18/h2-7,17H,14H2,1H3,(H2,15,18). The predicted octanol–water partition coefficient (Wildman–Crippen LogP) is 1.81. The van der Waals surface area contributed by atoms with Gasteiger partial charge in [-0.25, -0.2) is 0 Å². The third-order valence-corrected chi connectivity index (χ3v) is 2.60. The molecule has 0 aliphatic carbocycles. The highest BCUT2D eigenvalue weighted by Crippen LogP contribution is 2.22. The molecular formula is C13H14N4O. The van der Waals surface area contributed by atoms with E-state index in [4.69, 9.17) is 11.5 Å². The van der Waals surface area contributed by atoms with Gasteiger partial charge in [0.25, 0.3) is 5.91 Å². The Kier molecular flexibility index (Phi) is 3.14. The van der Waals surface area contributed by atoms with Crippen LogP contribution < -0.4 is 16.8 Å². The number of carbonyl (C=O) groups excluding carboxylic acids is 1. The number of nitrogen functional groups attached to an aromatic ring is 1. The summed E-state index contributed by atoms with van der Waals surface area (Å²) in [6.07, 6.45) is 1.72. The summed E-state index contributed by atoms with van der Waals surface area (Å²) in [7, 11) is 0. The van der Waals surface area contributed by atoms with Crippen LogP contribution in [0.3, 0.4) is 0 Å². The Morgan fingerprint density at radius 2 is 2.11 bits per heavy atom. The lowest BCUT2D eigenvalue weighted by molar-refractivity contribution is 0.100. The van der Waals surface area contributed by atoms with Crippen LogP contribution >= 0.6 is 0 Å². The molecule has 0 radical (unpaired) electrons. The van der Waals surface area contributed by atoms with Gasteiger partial charge in [-0.1, -0.05) is 0 Å². The minimum atomic E-state index is -0.543. The monoisotopic (exact) mass is 242 g/mol. The fourth-order valence-corrected chi connectivity index (χ4v) is 1.62. The number of rotatable bonds is 3. The molecule has 0 aliphatic heterocycles. The van der Waals surface area contributed by atoms with Gasteiger partial charge in [-0.3, -0.25) is 9.78 Å². The number of aromatic nitrogens is 1. The van der Waals surface area contributed by atoms with Crippen LogP contribution in [0.25, 0.3) is 0 Å². The van der Waals surface area contributed by atoms with E-state index in [0.29, 0.717) is 11.3 Å². The average molecular weight is 242 g/mol. The molecule has 1 heterocycles. The summed E-state index contributed by atoms with van der Waals surface area (Å²) in [5.74, 6) is -0.543. The van der Waals surface area contributed by atoms with Gasteiger partial charge in [-0.05, 0) is 37.3 Å². The van der Waals surface area contributed by atoms with Gasteiger partial charge in [0.05, 0.1) is 16.9 Å². The predicted molar refractivity (Wildman–Crippen MR) is 71.6 cm³/mol. The Bertz CT molecular complexity index is 595. The first-order valence-electron chi connectivity index (χ1n) is 5.46. The average Bonchev–Trinajstić information content (AvgIpc) is 2.34. The highest BCUT2D eigenvalue weighted by Gasteiger charge is 2.07. The molecule has 1 aromatic heterocycles. The summed E-state index contributed by atoms with van der Waals surface area (Å²) in [6, 6.07) is 8.80. The molecular weight excluding hydrogens is 228 g/mol. The van der Waals surface area contributed by atoms with Crippen molar-refractivity contribution in [3.8, 4) is 0 Å². The van der Waals surface area contributed by atoms with E-state index in [2.05, 4.69) is 10.3 Å². The summed E-state index contributed by atoms with van der Waals surface area (Å²) < 4.78 is 0. The van der Waals surface area contributed by atoms with Gasteiger partial charge >= 0.3 is 0 Å². The molecule has 5 N–H and O–H groups in total. The fourth-order valence-electron chi connectivity index (χ4n) is 1.62. The lowest BCUT2D eigenvalue weighted by Gasteiger charge is -2.10. The molecule has 5 nitrogen and oxygen atoms in total. The number of nitrogens with one attached hydrogen (secondary N) is 1. The number of nitrogens with zero attached hydrogens (tertiary/aromatic N) is 1. The molecule has 2 rings (SSSR count). The maximum Gasteiger partial charge on any atom is 0.250 e. The van der Waals surface area contributed by atoms with Gasteiger partial charge in [0.1, 0.15) is 0 Å². The summed E-state index contributed by atoms with van der Waals surface area (Å²) >= 11 is 0. The van der Waals surface area contributed by atoms with Crippen LogP contribution in [-0.2, 0) is 0 Å². The number of hydrogen-bond acceptors (Lipinski definition) is 4. The summed E-state index contributed by atoms with van der Waals surface area (Å²) in [4.78, 5) is 15.4. The molecule has 0 fully saturated rings. The van der Waals surface area contributed by atoms with E-state index in [0.717, 1.165) is 17.1 Å². The van der Waals surface area contributed by atoms with E-state index in [9.17, 15) is 4.79 Å². The van der Waals surface area contributed by atoms with Crippen molar-refractivity contribution in [1.29, 1.82) is 0 Å². The number of anilines is 3. The second-order valence-electron chi connectivity index (χ2n) is 3.93. The quantitative estimate of drug-likeness (QED) is 0.715. The zero-order valence-corrected chi connectivity index (χ0v) is 9.97. The Balaban J connectivity index is 2.33. The van der Waals surface area contributed by atoms with E-state index in [-0.39, 0.29) is 0 Å². The first-order chi connectivity index (χ1) is 8.58. The molecule has 0 atom stereocenters.